The van der Waals surface area contributed by atoms with Crippen LogP contribution in [0.1, 0.15) is 12.5 Å². The second-order valence-electron chi connectivity index (χ2n) is 4.72. The monoisotopic (exact) mass is 291 g/mol. The number of rotatable bonds is 1. The van der Waals surface area contributed by atoms with Crippen LogP contribution < -0.4 is 11.5 Å². The van der Waals surface area contributed by atoms with Gasteiger partial charge in [-0.25, -0.2) is 4.39 Å². The normalized spacial score (nSPS) is 27.2. The zero-order valence-electron chi connectivity index (χ0n) is 10.5. The van der Waals surface area contributed by atoms with Crippen LogP contribution in [0.3, 0.4) is 0 Å². The van der Waals surface area contributed by atoms with Gasteiger partial charge >= 0.3 is 6.18 Å². The Balaban J connectivity index is 2.63. The zero-order chi connectivity index (χ0) is 15.1. The van der Waals surface area contributed by atoms with Crippen LogP contribution in [-0.4, -0.2) is 24.7 Å². The molecule has 0 saturated heterocycles. The SMILES string of the molecule is C[C@@]1(c2cc(N)ccc2F)N=C(N)CO[C@H]1C(F)(F)F. The number of halogens is 4. The number of hydrogen-bond donors (Lipinski definition) is 2. The summed E-state index contributed by atoms with van der Waals surface area (Å²) in [4.78, 5) is 3.79. The van der Waals surface area contributed by atoms with Gasteiger partial charge in [-0.1, -0.05) is 0 Å². The fraction of sp³-hybridized carbons (Fsp3) is 0.417. The molecule has 110 valence electrons. The number of benzene rings is 1. The molecule has 1 aliphatic rings. The molecule has 0 fully saturated rings. The van der Waals surface area contributed by atoms with Gasteiger partial charge in [0.2, 0.25) is 0 Å². The highest BCUT2D eigenvalue weighted by atomic mass is 19.4. The first-order chi connectivity index (χ1) is 9.14. The van der Waals surface area contributed by atoms with Gasteiger partial charge in [0.25, 0.3) is 0 Å². The summed E-state index contributed by atoms with van der Waals surface area (Å²) in [6.07, 6.45) is -7.01. The molecule has 8 heteroatoms. The molecule has 1 aromatic carbocycles. The van der Waals surface area contributed by atoms with Gasteiger partial charge in [0.1, 0.15) is 23.8 Å². The maximum atomic E-state index is 13.9. The summed E-state index contributed by atoms with van der Waals surface area (Å²) in [7, 11) is 0. The third-order valence-electron chi connectivity index (χ3n) is 3.12. The van der Waals surface area contributed by atoms with Crippen molar-refractivity contribution in [1.29, 1.82) is 0 Å². The van der Waals surface area contributed by atoms with Crippen molar-refractivity contribution in [3.05, 3.63) is 29.6 Å². The first kappa shape index (κ1) is 14.6. The van der Waals surface area contributed by atoms with Crippen molar-refractivity contribution in [2.45, 2.75) is 24.7 Å². The molecule has 0 unspecified atom stereocenters. The van der Waals surface area contributed by atoms with Crippen molar-refractivity contribution in [3.8, 4) is 0 Å². The number of hydrogen-bond acceptors (Lipinski definition) is 4. The third kappa shape index (κ3) is 2.43. The van der Waals surface area contributed by atoms with Gasteiger partial charge in [-0.15, -0.1) is 0 Å². The highest BCUT2D eigenvalue weighted by Gasteiger charge is 2.56. The Kier molecular flexibility index (Phi) is 3.37. The van der Waals surface area contributed by atoms with E-state index in [0.717, 1.165) is 19.1 Å². The Labute approximate surface area is 112 Å². The van der Waals surface area contributed by atoms with Crippen molar-refractivity contribution >= 4 is 11.5 Å². The number of ether oxygens (including phenoxy) is 1. The van der Waals surface area contributed by atoms with E-state index in [-0.39, 0.29) is 17.1 Å². The second-order valence-corrected chi connectivity index (χ2v) is 4.72. The van der Waals surface area contributed by atoms with Gasteiger partial charge in [-0.05, 0) is 25.1 Å². The molecule has 0 amide bonds. The number of aliphatic imine (C=N–C) groups is 1. The predicted molar refractivity (Wildman–Crippen MR) is 65.6 cm³/mol. The lowest BCUT2D eigenvalue weighted by atomic mass is 9.84. The molecule has 0 saturated carbocycles. The van der Waals surface area contributed by atoms with Crippen molar-refractivity contribution in [2.24, 2.45) is 10.7 Å². The van der Waals surface area contributed by atoms with Gasteiger partial charge in [-0.2, -0.15) is 13.2 Å². The molecule has 0 aromatic heterocycles. The van der Waals surface area contributed by atoms with Crippen molar-refractivity contribution < 1.29 is 22.3 Å². The first-order valence-electron chi connectivity index (χ1n) is 5.72. The maximum absolute atomic E-state index is 13.9. The molecule has 1 heterocycles. The van der Waals surface area contributed by atoms with E-state index >= 15 is 0 Å². The van der Waals surface area contributed by atoms with Crippen LogP contribution >= 0.6 is 0 Å². The minimum Gasteiger partial charge on any atom is -0.399 e. The van der Waals surface area contributed by atoms with E-state index in [1.165, 1.54) is 6.07 Å². The average molecular weight is 291 g/mol. The van der Waals surface area contributed by atoms with Crippen molar-refractivity contribution in [3.63, 3.8) is 0 Å². The molecule has 20 heavy (non-hydrogen) atoms. The molecule has 0 radical (unpaired) electrons. The molecule has 0 bridgehead atoms. The summed E-state index contributed by atoms with van der Waals surface area (Å²) in [6, 6.07) is 3.35. The average Bonchev–Trinajstić information content (AvgIpc) is 2.30. The highest BCUT2D eigenvalue weighted by Crippen LogP contribution is 2.43. The largest absolute Gasteiger partial charge is 0.417 e. The van der Waals surface area contributed by atoms with Crippen molar-refractivity contribution in [2.75, 3.05) is 12.3 Å². The maximum Gasteiger partial charge on any atom is 0.417 e. The quantitative estimate of drug-likeness (QED) is 0.613. The summed E-state index contributed by atoms with van der Waals surface area (Å²) in [5, 5.41) is 0. The minimum atomic E-state index is -4.71. The van der Waals surface area contributed by atoms with Crippen LogP contribution in [0, 0.1) is 5.82 Å². The number of anilines is 1. The molecular weight excluding hydrogens is 278 g/mol. The van der Waals surface area contributed by atoms with Crippen LogP contribution in [0.5, 0.6) is 0 Å². The lowest BCUT2D eigenvalue weighted by Gasteiger charge is -2.39. The Hall–Kier alpha value is -1.83. The van der Waals surface area contributed by atoms with Gasteiger partial charge < -0.3 is 16.2 Å². The van der Waals surface area contributed by atoms with Crippen LogP contribution in [0.15, 0.2) is 23.2 Å². The summed E-state index contributed by atoms with van der Waals surface area (Å²) in [6.45, 7) is 0.665. The number of alkyl halides is 3. The molecule has 0 aliphatic carbocycles. The summed E-state index contributed by atoms with van der Waals surface area (Å²) >= 11 is 0. The van der Waals surface area contributed by atoms with Crippen LogP contribution in [0.4, 0.5) is 23.2 Å². The molecule has 4 nitrogen and oxygen atoms in total. The molecule has 0 spiro atoms. The second kappa shape index (κ2) is 4.62. The Morgan fingerprint density at radius 2 is 2.00 bits per heavy atom. The third-order valence-corrected chi connectivity index (χ3v) is 3.12. The number of nitrogens with zero attached hydrogens (tertiary/aromatic N) is 1. The Bertz CT molecular complexity index is 558. The molecule has 1 aliphatic heterocycles. The van der Waals surface area contributed by atoms with E-state index in [1.54, 1.807) is 0 Å². The van der Waals surface area contributed by atoms with E-state index in [2.05, 4.69) is 4.99 Å². The zero-order valence-corrected chi connectivity index (χ0v) is 10.5. The van der Waals surface area contributed by atoms with E-state index in [4.69, 9.17) is 16.2 Å². The summed E-state index contributed by atoms with van der Waals surface area (Å²) in [5.41, 5.74) is 8.77. The topological polar surface area (TPSA) is 73.6 Å². The highest BCUT2D eigenvalue weighted by molar-refractivity contribution is 5.82. The van der Waals surface area contributed by atoms with Crippen LogP contribution in [0.25, 0.3) is 0 Å². The molecular formula is C12H13F4N3O. The fourth-order valence-electron chi connectivity index (χ4n) is 2.27. The van der Waals surface area contributed by atoms with Gasteiger partial charge in [0.05, 0.1) is 0 Å². The van der Waals surface area contributed by atoms with Crippen LogP contribution in [-0.2, 0) is 10.3 Å². The van der Waals surface area contributed by atoms with E-state index in [0.29, 0.717) is 0 Å². The van der Waals surface area contributed by atoms with Gasteiger partial charge in [0, 0.05) is 11.3 Å². The molecule has 2 atom stereocenters. The molecule has 2 rings (SSSR count). The van der Waals surface area contributed by atoms with Crippen LogP contribution in [0.2, 0.25) is 0 Å². The van der Waals surface area contributed by atoms with E-state index in [1.807, 2.05) is 0 Å². The van der Waals surface area contributed by atoms with Crippen molar-refractivity contribution in [1.82, 2.24) is 0 Å². The van der Waals surface area contributed by atoms with Gasteiger partial charge in [-0.3, -0.25) is 4.99 Å². The number of nitrogens with two attached hydrogens (primary N) is 2. The number of amidine groups is 1. The predicted octanol–water partition coefficient (Wildman–Crippen LogP) is 1.94. The van der Waals surface area contributed by atoms with E-state index < -0.39 is 30.2 Å². The lowest BCUT2D eigenvalue weighted by Crippen LogP contribution is -2.53. The summed E-state index contributed by atoms with van der Waals surface area (Å²) < 4.78 is 57.9. The van der Waals surface area contributed by atoms with Gasteiger partial charge in [0.15, 0.2) is 6.10 Å². The Morgan fingerprint density at radius 1 is 1.35 bits per heavy atom. The molecule has 4 N–H and O–H groups in total. The number of nitrogen functional groups attached to an aromatic ring is 1. The first-order valence-corrected chi connectivity index (χ1v) is 5.72. The molecule has 1 aromatic rings. The smallest absolute Gasteiger partial charge is 0.399 e. The lowest BCUT2D eigenvalue weighted by molar-refractivity contribution is -0.238. The van der Waals surface area contributed by atoms with E-state index in [9.17, 15) is 17.6 Å². The fourth-order valence-corrected chi connectivity index (χ4v) is 2.27. The Morgan fingerprint density at radius 3 is 2.60 bits per heavy atom. The summed E-state index contributed by atoms with van der Waals surface area (Å²) in [5.74, 6) is -0.979. The minimum absolute atomic E-state index is 0.128. The standard InChI is InChI=1S/C12H13F4N3O/c1-11(7-4-6(17)2-3-8(7)13)10(12(14,15)16)20-5-9(18)19-11/h2-4,10H,5,17H2,1H3,(H2,18,19)/t10-,11+/m1/s1.